The summed E-state index contributed by atoms with van der Waals surface area (Å²) >= 11 is 0. The van der Waals surface area contributed by atoms with E-state index in [4.69, 9.17) is 9.84 Å². The van der Waals surface area contributed by atoms with E-state index in [-0.39, 0.29) is 35.9 Å². The van der Waals surface area contributed by atoms with Crippen LogP contribution in [0.15, 0.2) is 29.5 Å². The average molecular weight is 339 g/mol. The molecule has 1 aromatic carbocycles. The topological polar surface area (TPSA) is 102 Å². The molecule has 1 N–H and O–H groups in total. The molecule has 0 saturated heterocycles. The summed E-state index contributed by atoms with van der Waals surface area (Å²) in [5, 5.41) is 9.05. The molecule has 24 heavy (non-hydrogen) atoms. The molecule has 128 valence electrons. The van der Waals surface area contributed by atoms with Gasteiger partial charge in [0.1, 0.15) is 18.2 Å². The number of anilines is 1. The Morgan fingerprint density at radius 3 is 2.46 bits per heavy atom. The molecule has 1 aromatic rings. The molecule has 0 unspecified atom stereocenters. The smallest absolute Gasteiger partial charge is 0.355 e. The maximum Gasteiger partial charge on any atom is 0.355 e. The first-order valence-corrected chi connectivity index (χ1v) is 6.68. The predicted molar refractivity (Wildman–Crippen MR) is 77.7 cm³/mol. The van der Waals surface area contributed by atoms with Crippen LogP contribution in [0.4, 0.5) is 10.1 Å². The maximum atomic E-state index is 14.2. The van der Waals surface area contributed by atoms with Crippen LogP contribution in [0.3, 0.4) is 0 Å². The van der Waals surface area contributed by atoms with E-state index in [1.165, 1.54) is 0 Å². The second-order valence-corrected chi connectivity index (χ2v) is 4.69. The van der Waals surface area contributed by atoms with Gasteiger partial charge in [-0.25, -0.2) is 18.8 Å². The number of benzene rings is 1. The van der Waals surface area contributed by atoms with Crippen molar-refractivity contribution < 1.29 is 38.1 Å². The summed E-state index contributed by atoms with van der Waals surface area (Å²) < 4.78 is 28.6. The summed E-state index contributed by atoms with van der Waals surface area (Å²) in [5.41, 5.74) is -0.857. The fourth-order valence-corrected chi connectivity index (χ4v) is 2.19. The Morgan fingerprint density at radius 1 is 1.21 bits per heavy atom. The number of methoxy groups -OCH3 is 2. The molecule has 1 heterocycles. The van der Waals surface area contributed by atoms with Crippen LogP contribution in [-0.2, 0) is 23.8 Å². The number of carbonyl (C=O) groups is 3. The SMILES string of the molecule is COC(=O)C1=C(C(=O)OC)N(c2cc(C(=O)O)ccc2F)COC1. The van der Waals surface area contributed by atoms with Gasteiger partial charge in [0.25, 0.3) is 0 Å². The standard InChI is InChI=1S/C15H14FNO7/c1-22-14(20)9-6-24-7-17(12(9)15(21)23-2)11-5-8(13(18)19)3-4-10(11)16/h3-5H,6-7H2,1-2H3,(H,18,19). The summed E-state index contributed by atoms with van der Waals surface area (Å²) in [6.07, 6.45) is 0. The predicted octanol–water partition coefficient (Wildman–Crippen LogP) is 0.918. The summed E-state index contributed by atoms with van der Waals surface area (Å²) in [5.74, 6) is -3.81. The van der Waals surface area contributed by atoms with Gasteiger partial charge >= 0.3 is 17.9 Å². The number of carboxylic acids is 1. The second kappa shape index (κ2) is 7.09. The highest BCUT2D eigenvalue weighted by Crippen LogP contribution is 2.29. The molecule has 0 bridgehead atoms. The van der Waals surface area contributed by atoms with E-state index in [9.17, 15) is 18.8 Å². The van der Waals surface area contributed by atoms with E-state index in [2.05, 4.69) is 9.47 Å². The number of carboxylic acid groups (broad SMARTS) is 1. The normalized spacial score (nSPS) is 14.4. The fourth-order valence-electron chi connectivity index (χ4n) is 2.19. The Bertz CT molecular complexity index is 729. The largest absolute Gasteiger partial charge is 0.478 e. The third kappa shape index (κ3) is 3.20. The molecule has 0 aliphatic carbocycles. The van der Waals surface area contributed by atoms with E-state index in [1.54, 1.807) is 0 Å². The van der Waals surface area contributed by atoms with Gasteiger partial charge in [0.05, 0.1) is 37.7 Å². The minimum Gasteiger partial charge on any atom is -0.478 e. The van der Waals surface area contributed by atoms with Gasteiger partial charge in [-0.15, -0.1) is 0 Å². The number of aromatic carboxylic acids is 1. The first kappa shape index (κ1) is 17.4. The first-order valence-electron chi connectivity index (χ1n) is 6.68. The molecule has 1 aliphatic heterocycles. The van der Waals surface area contributed by atoms with Crippen LogP contribution in [0, 0.1) is 5.82 Å². The molecular weight excluding hydrogens is 325 g/mol. The maximum absolute atomic E-state index is 14.2. The van der Waals surface area contributed by atoms with Crippen molar-refractivity contribution in [3.8, 4) is 0 Å². The van der Waals surface area contributed by atoms with Crippen molar-refractivity contribution in [3.05, 3.63) is 40.8 Å². The van der Waals surface area contributed by atoms with Crippen LogP contribution < -0.4 is 4.90 Å². The lowest BCUT2D eigenvalue weighted by atomic mass is 10.1. The van der Waals surface area contributed by atoms with Crippen LogP contribution >= 0.6 is 0 Å². The fraction of sp³-hybridized carbons (Fsp3) is 0.267. The minimum absolute atomic E-state index is 0.157. The van der Waals surface area contributed by atoms with E-state index in [0.717, 1.165) is 37.3 Å². The molecule has 0 spiro atoms. The third-order valence-corrected chi connectivity index (χ3v) is 3.32. The van der Waals surface area contributed by atoms with Crippen molar-refractivity contribution in [2.24, 2.45) is 0 Å². The van der Waals surface area contributed by atoms with Crippen molar-refractivity contribution in [1.29, 1.82) is 0 Å². The van der Waals surface area contributed by atoms with Gasteiger partial charge in [0.15, 0.2) is 0 Å². The average Bonchev–Trinajstić information content (AvgIpc) is 2.59. The number of hydrogen-bond acceptors (Lipinski definition) is 7. The molecule has 8 nitrogen and oxygen atoms in total. The molecule has 0 saturated carbocycles. The summed E-state index contributed by atoms with van der Waals surface area (Å²) in [7, 11) is 2.22. The molecule has 1 aliphatic rings. The van der Waals surface area contributed by atoms with Crippen molar-refractivity contribution in [1.82, 2.24) is 0 Å². The molecule has 9 heteroatoms. The van der Waals surface area contributed by atoms with Crippen molar-refractivity contribution >= 4 is 23.6 Å². The lowest BCUT2D eigenvalue weighted by Crippen LogP contribution is -2.39. The van der Waals surface area contributed by atoms with Crippen molar-refractivity contribution in [3.63, 3.8) is 0 Å². The van der Waals surface area contributed by atoms with Gasteiger partial charge < -0.3 is 24.2 Å². The van der Waals surface area contributed by atoms with Crippen LogP contribution in [-0.4, -0.2) is 50.6 Å². The highest BCUT2D eigenvalue weighted by molar-refractivity contribution is 6.03. The number of halogens is 1. The number of ether oxygens (including phenoxy) is 3. The number of nitrogens with zero attached hydrogens (tertiary/aromatic N) is 1. The highest BCUT2D eigenvalue weighted by atomic mass is 19.1. The Kier molecular flexibility index (Phi) is 5.14. The minimum atomic E-state index is -1.27. The van der Waals surface area contributed by atoms with E-state index < -0.39 is 23.7 Å². The molecule has 0 aromatic heterocycles. The van der Waals surface area contributed by atoms with Gasteiger partial charge in [-0.05, 0) is 18.2 Å². The van der Waals surface area contributed by atoms with Gasteiger partial charge in [-0.2, -0.15) is 0 Å². The van der Waals surface area contributed by atoms with Crippen molar-refractivity contribution in [2.45, 2.75) is 0 Å². The first-order chi connectivity index (χ1) is 11.4. The Balaban J connectivity index is 2.63. The summed E-state index contributed by atoms with van der Waals surface area (Å²) in [6.45, 7) is -0.501. The zero-order valence-corrected chi connectivity index (χ0v) is 12.9. The zero-order chi connectivity index (χ0) is 17.9. The number of rotatable bonds is 4. The highest BCUT2D eigenvalue weighted by Gasteiger charge is 2.33. The van der Waals surface area contributed by atoms with Crippen LogP contribution in [0.5, 0.6) is 0 Å². The number of carbonyl (C=O) groups excluding carboxylic acids is 2. The van der Waals surface area contributed by atoms with Crippen molar-refractivity contribution in [2.75, 3.05) is 32.5 Å². The van der Waals surface area contributed by atoms with Gasteiger partial charge in [0, 0.05) is 0 Å². The van der Waals surface area contributed by atoms with Gasteiger partial charge in [-0.3, -0.25) is 0 Å². The molecule has 0 atom stereocenters. The quantitative estimate of drug-likeness (QED) is 0.808. The summed E-state index contributed by atoms with van der Waals surface area (Å²) in [4.78, 5) is 36.1. The van der Waals surface area contributed by atoms with Gasteiger partial charge in [0.2, 0.25) is 0 Å². The van der Waals surface area contributed by atoms with E-state index in [0.29, 0.717) is 0 Å². The zero-order valence-electron chi connectivity index (χ0n) is 12.9. The van der Waals surface area contributed by atoms with Crippen LogP contribution in [0.1, 0.15) is 10.4 Å². The molecule has 0 radical (unpaired) electrons. The van der Waals surface area contributed by atoms with E-state index >= 15 is 0 Å². The Morgan fingerprint density at radius 2 is 1.88 bits per heavy atom. The molecule has 0 fully saturated rings. The van der Waals surface area contributed by atoms with Gasteiger partial charge in [-0.1, -0.05) is 0 Å². The Labute approximate surface area is 136 Å². The lowest BCUT2D eigenvalue weighted by molar-refractivity contribution is -0.140. The Hall–Kier alpha value is -2.94. The molecular formula is C15H14FNO7. The van der Waals surface area contributed by atoms with Crippen LogP contribution in [0.2, 0.25) is 0 Å². The lowest BCUT2D eigenvalue weighted by Gasteiger charge is -2.31. The number of esters is 2. The molecule has 2 rings (SSSR count). The second-order valence-electron chi connectivity index (χ2n) is 4.69. The third-order valence-electron chi connectivity index (χ3n) is 3.32. The van der Waals surface area contributed by atoms with E-state index in [1.807, 2.05) is 0 Å². The monoisotopic (exact) mass is 339 g/mol. The number of hydrogen-bond donors (Lipinski definition) is 1. The summed E-state index contributed by atoms with van der Waals surface area (Å²) in [6, 6.07) is 3.05. The van der Waals surface area contributed by atoms with Crippen LogP contribution in [0.25, 0.3) is 0 Å². The molecule has 0 amide bonds.